The SMILES string of the molecule is O=C(CSc1nc2c(cnn2-c2ccccc2)c(=O)[nH]1)N1CCN(c2ccccc2[N+](=O)[O-])CC1. The number of piperazine rings is 1. The zero-order valence-electron chi connectivity index (χ0n) is 18.5. The van der Waals surface area contributed by atoms with E-state index in [0.717, 1.165) is 17.4 Å². The van der Waals surface area contributed by atoms with E-state index in [9.17, 15) is 19.7 Å². The first kappa shape index (κ1) is 22.6. The number of H-pyrrole nitrogens is 1. The molecule has 1 N–H and O–H groups in total. The average Bonchev–Trinajstić information content (AvgIpc) is 3.32. The minimum absolute atomic E-state index is 0.0583. The Morgan fingerprint density at radius 2 is 1.77 bits per heavy atom. The Hall–Kier alpha value is -4.19. The van der Waals surface area contributed by atoms with Gasteiger partial charge in [0.2, 0.25) is 5.91 Å². The molecule has 2 aromatic heterocycles. The molecule has 178 valence electrons. The standard InChI is InChI=1S/C23H21N7O4S/c31-20(28-12-10-27(11-13-28)18-8-4-5-9-19(18)30(33)34)15-35-23-25-21-17(22(32)26-23)14-24-29(21)16-6-2-1-3-7-16/h1-9,14H,10-13,15H2,(H,25,26,32). The number of carbonyl (C=O) groups excluding carboxylic acids is 1. The molecule has 5 rings (SSSR count). The number of nitrogens with zero attached hydrogens (tertiary/aromatic N) is 6. The number of amides is 1. The molecule has 1 saturated heterocycles. The smallest absolute Gasteiger partial charge is 0.292 e. The van der Waals surface area contributed by atoms with E-state index in [-0.39, 0.29) is 22.9 Å². The lowest BCUT2D eigenvalue weighted by molar-refractivity contribution is -0.384. The third-order valence-corrected chi connectivity index (χ3v) is 6.66. The van der Waals surface area contributed by atoms with Crippen molar-refractivity contribution in [1.82, 2.24) is 24.6 Å². The van der Waals surface area contributed by atoms with E-state index in [1.165, 1.54) is 12.3 Å². The predicted octanol–water partition coefficient (Wildman–Crippen LogP) is 2.46. The van der Waals surface area contributed by atoms with Gasteiger partial charge in [0.1, 0.15) is 11.1 Å². The topological polar surface area (TPSA) is 130 Å². The molecule has 35 heavy (non-hydrogen) atoms. The molecule has 1 fully saturated rings. The monoisotopic (exact) mass is 491 g/mol. The summed E-state index contributed by atoms with van der Waals surface area (Å²) >= 11 is 1.16. The van der Waals surface area contributed by atoms with E-state index in [1.807, 2.05) is 35.2 Å². The number of benzene rings is 2. The maximum atomic E-state index is 12.8. The summed E-state index contributed by atoms with van der Waals surface area (Å²) in [7, 11) is 0. The van der Waals surface area contributed by atoms with Gasteiger partial charge in [-0.15, -0.1) is 0 Å². The normalized spacial score (nSPS) is 13.8. The summed E-state index contributed by atoms with van der Waals surface area (Å²) in [4.78, 5) is 47.2. The van der Waals surface area contributed by atoms with Crippen molar-refractivity contribution < 1.29 is 9.72 Å². The Labute approximate surface area is 203 Å². The third-order valence-electron chi connectivity index (χ3n) is 5.80. The van der Waals surface area contributed by atoms with Crippen LogP contribution in [-0.4, -0.2) is 67.4 Å². The molecule has 0 aliphatic carbocycles. The Morgan fingerprint density at radius 1 is 1.06 bits per heavy atom. The van der Waals surface area contributed by atoms with Gasteiger partial charge >= 0.3 is 0 Å². The second-order valence-corrected chi connectivity index (χ2v) is 8.87. The molecule has 0 unspecified atom stereocenters. The Morgan fingerprint density at radius 3 is 2.51 bits per heavy atom. The van der Waals surface area contributed by atoms with Gasteiger partial charge in [-0.3, -0.25) is 19.7 Å². The molecule has 0 saturated carbocycles. The number of nitrogens with one attached hydrogen (secondary N) is 1. The van der Waals surface area contributed by atoms with Crippen LogP contribution in [0.5, 0.6) is 0 Å². The van der Waals surface area contributed by atoms with Crippen LogP contribution in [-0.2, 0) is 4.79 Å². The quantitative estimate of drug-likeness (QED) is 0.188. The lowest BCUT2D eigenvalue weighted by Gasteiger charge is -2.35. The van der Waals surface area contributed by atoms with Gasteiger partial charge < -0.3 is 14.8 Å². The molecule has 1 aliphatic rings. The van der Waals surface area contributed by atoms with E-state index < -0.39 is 4.92 Å². The highest BCUT2D eigenvalue weighted by Crippen LogP contribution is 2.28. The van der Waals surface area contributed by atoms with Crippen molar-refractivity contribution in [3.8, 4) is 5.69 Å². The van der Waals surface area contributed by atoms with E-state index >= 15 is 0 Å². The molecule has 4 aromatic rings. The molecule has 0 radical (unpaired) electrons. The van der Waals surface area contributed by atoms with E-state index in [2.05, 4.69) is 15.1 Å². The highest BCUT2D eigenvalue weighted by Gasteiger charge is 2.25. The summed E-state index contributed by atoms with van der Waals surface area (Å²) in [6, 6.07) is 16.0. The Bertz CT molecular complexity index is 1450. The molecule has 12 heteroatoms. The first-order valence-corrected chi connectivity index (χ1v) is 11.9. The number of hydrogen-bond acceptors (Lipinski definition) is 8. The molecule has 2 aromatic carbocycles. The second kappa shape index (κ2) is 9.58. The van der Waals surface area contributed by atoms with E-state index in [0.29, 0.717) is 48.1 Å². The van der Waals surface area contributed by atoms with Crippen molar-refractivity contribution in [3.05, 3.63) is 81.3 Å². The van der Waals surface area contributed by atoms with Crippen LogP contribution in [0, 0.1) is 10.1 Å². The molecule has 3 heterocycles. The van der Waals surface area contributed by atoms with Gasteiger partial charge in [0.05, 0.1) is 22.6 Å². The number of carbonyl (C=O) groups is 1. The van der Waals surface area contributed by atoms with Crippen LogP contribution in [0.25, 0.3) is 16.7 Å². The van der Waals surface area contributed by atoms with Gasteiger partial charge in [0.15, 0.2) is 10.8 Å². The molecule has 0 spiro atoms. The van der Waals surface area contributed by atoms with Crippen molar-refractivity contribution in [3.63, 3.8) is 0 Å². The maximum Gasteiger partial charge on any atom is 0.292 e. The first-order chi connectivity index (χ1) is 17.0. The Kier molecular flexibility index (Phi) is 6.19. The van der Waals surface area contributed by atoms with Crippen LogP contribution in [0.2, 0.25) is 0 Å². The van der Waals surface area contributed by atoms with E-state index in [1.54, 1.807) is 27.8 Å². The van der Waals surface area contributed by atoms with Crippen LogP contribution >= 0.6 is 11.8 Å². The fourth-order valence-electron chi connectivity index (χ4n) is 4.03. The summed E-state index contributed by atoms with van der Waals surface area (Å²) in [5.74, 6) is 0.0240. The number of anilines is 1. The molecule has 11 nitrogen and oxygen atoms in total. The highest BCUT2D eigenvalue weighted by atomic mass is 32.2. The first-order valence-electron chi connectivity index (χ1n) is 10.9. The van der Waals surface area contributed by atoms with Gasteiger partial charge in [-0.05, 0) is 18.2 Å². The average molecular weight is 492 g/mol. The fraction of sp³-hybridized carbons (Fsp3) is 0.217. The fourth-order valence-corrected chi connectivity index (χ4v) is 4.79. The number of rotatable bonds is 6. The van der Waals surface area contributed by atoms with Gasteiger partial charge in [0.25, 0.3) is 11.2 Å². The molecule has 0 bridgehead atoms. The minimum atomic E-state index is -0.391. The molecule has 1 amide bonds. The zero-order chi connectivity index (χ0) is 24.4. The van der Waals surface area contributed by atoms with Crippen molar-refractivity contribution in [2.24, 2.45) is 0 Å². The minimum Gasteiger partial charge on any atom is -0.362 e. The lowest BCUT2D eigenvalue weighted by Crippen LogP contribution is -2.49. The van der Waals surface area contributed by atoms with Crippen molar-refractivity contribution >= 4 is 40.1 Å². The summed E-state index contributed by atoms with van der Waals surface area (Å²) in [5.41, 5.74) is 1.51. The highest BCUT2D eigenvalue weighted by molar-refractivity contribution is 7.99. The zero-order valence-corrected chi connectivity index (χ0v) is 19.4. The van der Waals surface area contributed by atoms with Gasteiger partial charge in [-0.2, -0.15) is 5.10 Å². The van der Waals surface area contributed by atoms with Crippen molar-refractivity contribution in [2.75, 3.05) is 36.8 Å². The summed E-state index contributed by atoms with van der Waals surface area (Å²) in [6.45, 7) is 1.90. The van der Waals surface area contributed by atoms with Gasteiger partial charge in [0, 0.05) is 32.2 Å². The van der Waals surface area contributed by atoms with Crippen molar-refractivity contribution in [1.29, 1.82) is 0 Å². The number of aromatic nitrogens is 4. The summed E-state index contributed by atoms with van der Waals surface area (Å²) in [5, 5.41) is 16.3. The number of aromatic amines is 1. The second-order valence-electron chi connectivity index (χ2n) is 7.90. The van der Waals surface area contributed by atoms with Crippen LogP contribution < -0.4 is 10.5 Å². The van der Waals surface area contributed by atoms with Crippen LogP contribution in [0.4, 0.5) is 11.4 Å². The number of hydrogen-bond donors (Lipinski definition) is 1. The van der Waals surface area contributed by atoms with Crippen LogP contribution in [0.3, 0.4) is 0 Å². The molecular formula is C23H21N7O4S. The predicted molar refractivity (Wildman–Crippen MR) is 132 cm³/mol. The number of fused-ring (bicyclic) bond motifs is 1. The molecule has 0 atom stereocenters. The molecular weight excluding hydrogens is 470 g/mol. The summed E-state index contributed by atoms with van der Waals surface area (Å²) < 4.78 is 1.60. The number of thioether (sulfide) groups is 1. The number of nitro groups is 1. The molecule has 1 aliphatic heterocycles. The van der Waals surface area contributed by atoms with Gasteiger partial charge in [-0.25, -0.2) is 9.67 Å². The number of nitro benzene ring substituents is 1. The summed E-state index contributed by atoms with van der Waals surface area (Å²) in [6.07, 6.45) is 1.48. The van der Waals surface area contributed by atoms with Crippen LogP contribution in [0.1, 0.15) is 0 Å². The number of para-hydroxylation sites is 3. The lowest BCUT2D eigenvalue weighted by atomic mass is 10.2. The van der Waals surface area contributed by atoms with Gasteiger partial charge in [-0.1, -0.05) is 42.1 Å². The largest absolute Gasteiger partial charge is 0.362 e. The van der Waals surface area contributed by atoms with Crippen LogP contribution in [0.15, 0.2) is 70.7 Å². The third kappa shape index (κ3) is 4.60. The Balaban J connectivity index is 1.25. The maximum absolute atomic E-state index is 12.8. The van der Waals surface area contributed by atoms with Crippen molar-refractivity contribution in [2.45, 2.75) is 5.16 Å². The van der Waals surface area contributed by atoms with E-state index in [4.69, 9.17) is 0 Å².